The van der Waals surface area contributed by atoms with E-state index in [2.05, 4.69) is 4.57 Å². The summed E-state index contributed by atoms with van der Waals surface area (Å²) in [6, 6.07) is 12.0. The molecular weight excluding hydrogens is 352 g/mol. The van der Waals surface area contributed by atoms with Gasteiger partial charge in [0, 0.05) is 28.8 Å². The molecule has 0 atom stereocenters. The second-order valence-corrected chi connectivity index (χ2v) is 7.28. The lowest BCUT2D eigenvalue weighted by Crippen LogP contribution is -2.31. The number of esters is 1. The van der Waals surface area contributed by atoms with Crippen molar-refractivity contribution in [3.05, 3.63) is 70.2 Å². The van der Waals surface area contributed by atoms with Crippen molar-refractivity contribution in [1.29, 1.82) is 0 Å². The van der Waals surface area contributed by atoms with Crippen LogP contribution in [-0.2, 0) is 14.3 Å². The molecule has 0 bridgehead atoms. The van der Waals surface area contributed by atoms with E-state index in [4.69, 9.17) is 4.74 Å². The molecule has 0 spiro atoms. The number of aryl methyl sites for hydroxylation is 1. The first-order valence-electron chi connectivity index (χ1n) is 9.37. The first-order valence-corrected chi connectivity index (χ1v) is 9.37. The second-order valence-electron chi connectivity index (χ2n) is 7.28. The van der Waals surface area contributed by atoms with Gasteiger partial charge in [0.25, 0.3) is 5.91 Å². The maximum absolute atomic E-state index is 13.1. The maximum atomic E-state index is 13.1. The van der Waals surface area contributed by atoms with Crippen molar-refractivity contribution in [1.82, 2.24) is 9.47 Å². The molecule has 0 unspecified atom stereocenters. The van der Waals surface area contributed by atoms with Crippen molar-refractivity contribution in [2.75, 3.05) is 7.11 Å². The molecule has 2 heterocycles. The summed E-state index contributed by atoms with van der Waals surface area (Å²) >= 11 is 0. The quantitative estimate of drug-likeness (QED) is 0.592. The van der Waals surface area contributed by atoms with E-state index in [0.717, 1.165) is 22.6 Å². The Balaban J connectivity index is 2.15. The van der Waals surface area contributed by atoms with Crippen molar-refractivity contribution in [3.8, 4) is 5.69 Å². The molecule has 5 heteroatoms. The van der Waals surface area contributed by atoms with Gasteiger partial charge in [-0.15, -0.1) is 0 Å². The summed E-state index contributed by atoms with van der Waals surface area (Å²) in [5.41, 5.74) is 5.39. The largest absolute Gasteiger partial charge is 0.465 e. The van der Waals surface area contributed by atoms with Gasteiger partial charge in [-0.2, -0.15) is 0 Å². The summed E-state index contributed by atoms with van der Waals surface area (Å²) in [5, 5.41) is 0. The van der Waals surface area contributed by atoms with E-state index >= 15 is 0 Å². The van der Waals surface area contributed by atoms with E-state index in [9.17, 15) is 9.59 Å². The Morgan fingerprint density at radius 1 is 1.11 bits per heavy atom. The molecule has 0 N–H and O–H groups in total. The minimum absolute atomic E-state index is 0.0465. The van der Waals surface area contributed by atoms with E-state index in [1.54, 1.807) is 11.8 Å². The number of carbonyl (C=O) groups excluding carboxylic acids is 2. The van der Waals surface area contributed by atoms with Gasteiger partial charge in [0.1, 0.15) is 0 Å². The minimum Gasteiger partial charge on any atom is -0.465 e. The van der Waals surface area contributed by atoms with E-state index in [-0.39, 0.29) is 11.9 Å². The first-order chi connectivity index (χ1) is 13.3. The molecule has 0 saturated carbocycles. The van der Waals surface area contributed by atoms with Crippen molar-refractivity contribution in [2.45, 2.75) is 40.7 Å². The van der Waals surface area contributed by atoms with Crippen LogP contribution in [0, 0.1) is 13.8 Å². The van der Waals surface area contributed by atoms with E-state index in [1.165, 1.54) is 7.11 Å². The molecule has 1 aliphatic rings. The highest BCUT2D eigenvalue weighted by Crippen LogP contribution is 2.34. The van der Waals surface area contributed by atoms with Crippen LogP contribution in [0.2, 0.25) is 0 Å². The van der Waals surface area contributed by atoms with Crippen LogP contribution in [0.5, 0.6) is 0 Å². The number of ether oxygens (including phenoxy) is 1. The van der Waals surface area contributed by atoms with Crippen molar-refractivity contribution in [2.24, 2.45) is 0 Å². The Labute approximate surface area is 165 Å². The fourth-order valence-corrected chi connectivity index (χ4v) is 3.88. The third-order valence-electron chi connectivity index (χ3n) is 5.13. The topological polar surface area (TPSA) is 51.5 Å². The molecule has 146 valence electrons. The standard InChI is InChI=1S/C23H26N2O3/c1-14(2)24-17(5)21(23(27)28-6)20(22(24)26)13-18-12-15(3)25(16(18)4)19-10-8-7-9-11-19/h7-14H,1-6H3/b20-13-. The first kappa shape index (κ1) is 19.7. The third kappa shape index (κ3) is 3.17. The molecule has 2 aromatic rings. The molecule has 28 heavy (non-hydrogen) atoms. The summed E-state index contributed by atoms with van der Waals surface area (Å²) in [6.45, 7) is 9.70. The smallest absolute Gasteiger partial charge is 0.340 e. The Morgan fingerprint density at radius 2 is 1.75 bits per heavy atom. The van der Waals surface area contributed by atoms with Crippen LogP contribution in [-0.4, -0.2) is 34.5 Å². The van der Waals surface area contributed by atoms with Crippen LogP contribution in [0.3, 0.4) is 0 Å². The van der Waals surface area contributed by atoms with Crippen LogP contribution in [0.4, 0.5) is 0 Å². The highest BCUT2D eigenvalue weighted by atomic mass is 16.5. The lowest BCUT2D eigenvalue weighted by atomic mass is 10.0. The average Bonchev–Trinajstić information content (AvgIpc) is 3.08. The van der Waals surface area contributed by atoms with Crippen LogP contribution in [0.15, 0.2) is 53.2 Å². The molecule has 0 aliphatic carbocycles. The SMILES string of the molecule is COC(=O)C1=C(C)N(C(C)C)C(=O)/C1=C\c1cc(C)n(-c2ccccc2)c1C. The molecule has 1 aromatic carbocycles. The fraction of sp³-hybridized carbons (Fsp3) is 0.304. The molecule has 1 amide bonds. The lowest BCUT2D eigenvalue weighted by Gasteiger charge is -2.22. The highest BCUT2D eigenvalue weighted by molar-refractivity contribution is 6.16. The number of benzene rings is 1. The van der Waals surface area contributed by atoms with Crippen molar-refractivity contribution < 1.29 is 14.3 Å². The van der Waals surface area contributed by atoms with Gasteiger partial charge in [0.2, 0.25) is 0 Å². The minimum atomic E-state index is -0.489. The van der Waals surface area contributed by atoms with Gasteiger partial charge >= 0.3 is 5.97 Å². The average molecular weight is 378 g/mol. The van der Waals surface area contributed by atoms with Gasteiger partial charge in [-0.05, 0) is 64.5 Å². The zero-order valence-electron chi connectivity index (χ0n) is 17.2. The van der Waals surface area contributed by atoms with Crippen molar-refractivity contribution >= 4 is 18.0 Å². The summed E-state index contributed by atoms with van der Waals surface area (Å²) in [5.74, 6) is -0.658. The number of aromatic nitrogens is 1. The molecule has 0 radical (unpaired) electrons. The van der Waals surface area contributed by atoms with Crippen LogP contribution in [0.25, 0.3) is 11.8 Å². The number of allylic oxidation sites excluding steroid dienone is 1. The Hall–Kier alpha value is -3.08. The van der Waals surface area contributed by atoms with Crippen molar-refractivity contribution in [3.63, 3.8) is 0 Å². The number of methoxy groups -OCH3 is 1. The zero-order chi connectivity index (χ0) is 20.6. The predicted molar refractivity (Wildman–Crippen MR) is 110 cm³/mol. The number of carbonyl (C=O) groups is 2. The van der Waals surface area contributed by atoms with Gasteiger partial charge in [-0.3, -0.25) is 4.79 Å². The number of amides is 1. The van der Waals surface area contributed by atoms with Gasteiger partial charge in [-0.25, -0.2) is 4.79 Å². The molecule has 0 saturated heterocycles. The lowest BCUT2D eigenvalue weighted by molar-refractivity contribution is -0.136. The number of hydrogen-bond donors (Lipinski definition) is 0. The number of nitrogens with zero attached hydrogens (tertiary/aromatic N) is 2. The Morgan fingerprint density at radius 3 is 2.32 bits per heavy atom. The van der Waals surface area contributed by atoms with E-state index in [0.29, 0.717) is 16.8 Å². The van der Waals surface area contributed by atoms with E-state index < -0.39 is 5.97 Å². The predicted octanol–water partition coefficient (Wildman–Crippen LogP) is 4.18. The summed E-state index contributed by atoms with van der Waals surface area (Å²) in [7, 11) is 1.34. The maximum Gasteiger partial charge on any atom is 0.340 e. The normalized spacial score (nSPS) is 15.9. The van der Waals surface area contributed by atoms with Gasteiger partial charge in [-0.1, -0.05) is 18.2 Å². The molecular formula is C23H26N2O3. The summed E-state index contributed by atoms with van der Waals surface area (Å²) < 4.78 is 7.09. The summed E-state index contributed by atoms with van der Waals surface area (Å²) in [4.78, 5) is 27.1. The van der Waals surface area contributed by atoms with E-state index in [1.807, 2.05) is 70.2 Å². The molecule has 5 nitrogen and oxygen atoms in total. The molecule has 0 fully saturated rings. The number of rotatable bonds is 4. The fourth-order valence-electron chi connectivity index (χ4n) is 3.88. The zero-order valence-corrected chi connectivity index (χ0v) is 17.2. The number of hydrogen-bond acceptors (Lipinski definition) is 3. The Bertz CT molecular complexity index is 994. The Kier molecular flexibility index (Phi) is 5.27. The number of para-hydroxylation sites is 1. The highest BCUT2D eigenvalue weighted by Gasteiger charge is 2.38. The van der Waals surface area contributed by atoms with Gasteiger partial charge in [0.05, 0.1) is 18.3 Å². The van der Waals surface area contributed by atoms with Gasteiger partial charge in [0.15, 0.2) is 0 Å². The van der Waals surface area contributed by atoms with Gasteiger partial charge < -0.3 is 14.2 Å². The van der Waals surface area contributed by atoms with Crippen LogP contribution in [0.1, 0.15) is 37.7 Å². The summed E-state index contributed by atoms with van der Waals surface area (Å²) in [6.07, 6.45) is 1.81. The molecule has 1 aromatic heterocycles. The molecule has 1 aliphatic heterocycles. The van der Waals surface area contributed by atoms with Crippen LogP contribution < -0.4 is 0 Å². The monoisotopic (exact) mass is 378 g/mol. The third-order valence-corrected chi connectivity index (χ3v) is 5.13. The van der Waals surface area contributed by atoms with Crippen LogP contribution >= 0.6 is 0 Å². The second kappa shape index (κ2) is 7.50. The molecule has 3 rings (SSSR count).